The Morgan fingerprint density at radius 2 is 2.00 bits per heavy atom. The Morgan fingerprint density at radius 3 is 2.47 bits per heavy atom. The van der Waals surface area contributed by atoms with Crippen molar-refractivity contribution < 1.29 is 18.3 Å². The summed E-state index contributed by atoms with van der Waals surface area (Å²) >= 11 is 2.98. The molecule has 0 bridgehead atoms. The van der Waals surface area contributed by atoms with Gasteiger partial charge in [0, 0.05) is 5.69 Å². The number of ether oxygens (including phenoxy) is 1. The van der Waals surface area contributed by atoms with Crippen molar-refractivity contribution in [3.63, 3.8) is 0 Å². The zero-order valence-corrected chi connectivity index (χ0v) is 9.13. The minimum Gasteiger partial charge on any atom is -0.435 e. The molecule has 1 amide bonds. The molecule has 0 aliphatic carbocycles. The zero-order valence-electron chi connectivity index (χ0n) is 7.54. The van der Waals surface area contributed by atoms with Crippen LogP contribution in [0.1, 0.15) is 0 Å². The first-order valence-corrected chi connectivity index (χ1v) is 5.14. The molecule has 0 heterocycles. The predicted octanol–water partition coefficient (Wildman–Crippen LogP) is 2.62. The van der Waals surface area contributed by atoms with Crippen molar-refractivity contribution in [1.82, 2.24) is 0 Å². The average Bonchev–Trinajstić information content (AvgIpc) is 2.20. The highest BCUT2D eigenvalue weighted by molar-refractivity contribution is 9.09. The molecule has 0 fully saturated rings. The van der Waals surface area contributed by atoms with Gasteiger partial charge in [0.25, 0.3) is 0 Å². The highest BCUT2D eigenvalue weighted by atomic mass is 79.9. The first kappa shape index (κ1) is 11.9. The van der Waals surface area contributed by atoms with Crippen LogP contribution in [0.5, 0.6) is 5.75 Å². The quantitative estimate of drug-likeness (QED) is 0.861. The van der Waals surface area contributed by atoms with E-state index in [0.717, 1.165) is 0 Å². The molecule has 0 spiro atoms. The molecule has 0 radical (unpaired) electrons. The Bertz CT molecular complexity index is 329. The number of nitrogens with one attached hydrogen (secondary N) is 1. The van der Waals surface area contributed by atoms with Crippen molar-refractivity contribution in [2.45, 2.75) is 6.61 Å². The Kier molecular flexibility index (Phi) is 4.48. The Balaban J connectivity index is 2.60. The molecule has 1 aromatic rings. The summed E-state index contributed by atoms with van der Waals surface area (Å²) in [7, 11) is 0. The van der Waals surface area contributed by atoms with Crippen LogP contribution in [-0.4, -0.2) is 17.8 Å². The van der Waals surface area contributed by atoms with E-state index in [9.17, 15) is 13.6 Å². The van der Waals surface area contributed by atoms with Gasteiger partial charge in [0.1, 0.15) is 5.75 Å². The number of hydrogen-bond acceptors (Lipinski definition) is 2. The summed E-state index contributed by atoms with van der Waals surface area (Å²) < 4.78 is 27.7. The van der Waals surface area contributed by atoms with Crippen molar-refractivity contribution >= 4 is 27.5 Å². The van der Waals surface area contributed by atoms with Gasteiger partial charge in [0.05, 0.1) is 5.33 Å². The van der Waals surface area contributed by atoms with E-state index < -0.39 is 6.61 Å². The summed E-state index contributed by atoms with van der Waals surface area (Å²) in [6.45, 7) is -2.84. The molecule has 1 rings (SSSR count). The van der Waals surface area contributed by atoms with Gasteiger partial charge in [-0.3, -0.25) is 4.79 Å². The smallest absolute Gasteiger partial charge is 0.387 e. The van der Waals surface area contributed by atoms with Crippen molar-refractivity contribution in [1.29, 1.82) is 0 Å². The third-order valence-corrected chi connectivity index (χ3v) is 1.99. The van der Waals surface area contributed by atoms with E-state index in [1.165, 1.54) is 24.3 Å². The number of hydrogen-bond donors (Lipinski definition) is 1. The third kappa shape index (κ3) is 4.24. The fourth-order valence-corrected chi connectivity index (χ4v) is 1.05. The number of amides is 1. The van der Waals surface area contributed by atoms with E-state index in [-0.39, 0.29) is 17.0 Å². The van der Waals surface area contributed by atoms with Gasteiger partial charge in [-0.15, -0.1) is 0 Å². The first-order chi connectivity index (χ1) is 7.11. The molecule has 0 aliphatic rings. The maximum Gasteiger partial charge on any atom is 0.387 e. The molecule has 1 aromatic carbocycles. The lowest BCUT2D eigenvalue weighted by atomic mass is 10.3. The Morgan fingerprint density at radius 1 is 1.40 bits per heavy atom. The van der Waals surface area contributed by atoms with Gasteiger partial charge < -0.3 is 10.1 Å². The normalized spacial score (nSPS) is 10.1. The monoisotopic (exact) mass is 279 g/mol. The van der Waals surface area contributed by atoms with Gasteiger partial charge >= 0.3 is 6.61 Å². The maximum atomic E-state index is 11.8. The van der Waals surface area contributed by atoms with Gasteiger partial charge in [-0.05, 0) is 24.3 Å². The second kappa shape index (κ2) is 5.65. The molecule has 1 N–H and O–H groups in total. The number of benzene rings is 1. The number of carbonyl (C=O) groups is 1. The fourth-order valence-electron chi connectivity index (χ4n) is 0.914. The average molecular weight is 280 g/mol. The minimum atomic E-state index is -2.84. The number of halogens is 3. The number of anilines is 1. The molecule has 82 valence electrons. The van der Waals surface area contributed by atoms with Gasteiger partial charge in [-0.1, -0.05) is 15.9 Å². The van der Waals surface area contributed by atoms with Gasteiger partial charge in [0.2, 0.25) is 5.91 Å². The van der Waals surface area contributed by atoms with Crippen molar-refractivity contribution in [2.24, 2.45) is 0 Å². The highest BCUT2D eigenvalue weighted by Gasteiger charge is 2.04. The first-order valence-electron chi connectivity index (χ1n) is 4.02. The SMILES string of the molecule is O=C(CBr)Nc1ccc(OC(F)F)cc1. The molecule has 0 unspecified atom stereocenters. The second-order valence-corrected chi connectivity index (χ2v) is 3.15. The summed E-state index contributed by atoms with van der Waals surface area (Å²) in [5.41, 5.74) is 0.529. The second-order valence-electron chi connectivity index (χ2n) is 2.58. The van der Waals surface area contributed by atoms with E-state index in [0.29, 0.717) is 5.69 Å². The summed E-state index contributed by atoms with van der Waals surface area (Å²) in [5.74, 6) is -0.153. The van der Waals surface area contributed by atoms with E-state index in [4.69, 9.17) is 0 Å². The largest absolute Gasteiger partial charge is 0.435 e. The number of alkyl halides is 3. The lowest BCUT2D eigenvalue weighted by Crippen LogP contribution is -2.12. The lowest BCUT2D eigenvalue weighted by molar-refractivity contribution is -0.113. The van der Waals surface area contributed by atoms with Gasteiger partial charge in [-0.2, -0.15) is 8.78 Å². The topological polar surface area (TPSA) is 38.3 Å². The van der Waals surface area contributed by atoms with E-state index in [2.05, 4.69) is 26.0 Å². The fraction of sp³-hybridized carbons (Fsp3) is 0.222. The van der Waals surface area contributed by atoms with Gasteiger partial charge in [0.15, 0.2) is 0 Å². The van der Waals surface area contributed by atoms with Crippen LogP contribution in [0.4, 0.5) is 14.5 Å². The predicted molar refractivity (Wildman–Crippen MR) is 55.5 cm³/mol. The van der Waals surface area contributed by atoms with Crippen LogP contribution in [0.3, 0.4) is 0 Å². The molecule has 0 aliphatic heterocycles. The molecular formula is C9H8BrF2NO2. The Hall–Kier alpha value is -1.17. The third-order valence-electron chi connectivity index (χ3n) is 1.48. The van der Waals surface area contributed by atoms with Crippen LogP contribution in [0, 0.1) is 0 Å². The molecule has 0 saturated carbocycles. The van der Waals surface area contributed by atoms with Crippen LogP contribution in [0.25, 0.3) is 0 Å². The highest BCUT2D eigenvalue weighted by Crippen LogP contribution is 2.17. The van der Waals surface area contributed by atoms with Crippen LogP contribution in [0.2, 0.25) is 0 Å². The van der Waals surface area contributed by atoms with Crippen molar-refractivity contribution in [2.75, 3.05) is 10.6 Å². The van der Waals surface area contributed by atoms with Crippen LogP contribution in [0.15, 0.2) is 24.3 Å². The zero-order chi connectivity index (χ0) is 11.3. The molecule has 15 heavy (non-hydrogen) atoms. The van der Waals surface area contributed by atoms with E-state index in [1.54, 1.807) is 0 Å². The summed E-state index contributed by atoms with van der Waals surface area (Å²) in [4.78, 5) is 10.9. The Labute approximate surface area is 93.5 Å². The standard InChI is InChI=1S/C9H8BrF2NO2/c10-5-8(14)13-6-1-3-7(4-2-6)15-9(11)12/h1-4,9H,5H2,(H,13,14). The lowest BCUT2D eigenvalue weighted by Gasteiger charge is -2.06. The van der Waals surface area contributed by atoms with Gasteiger partial charge in [-0.25, -0.2) is 0 Å². The number of rotatable bonds is 4. The van der Waals surface area contributed by atoms with Crippen molar-refractivity contribution in [3.8, 4) is 5.75 Å². The molecule has 3 nitrogen and oxygen atoms in total. The van der Waals surface area contributed by atoms with Crippen LogP contribution in [-0.2, 0) is 4.79 Å². The molecule has 6 heteroatoms. The summed E-state index contributed by atoms with van der Waals surface area (Å²) in [6.07, 6.45) is 0. The number of carbonyl (C=O) groups excluding carboxylic acids is 1. The molecule has 0 saturated heterocycles. The minimum absolute atomic E-state index is 0.0573. The van der Waals surface area contributed by atoms with E-state index in [1.807, 2.05) is 0 Å². The molecule has 0 aromatic heterocycles. The molecule has 0 atom stereocenters. The van der Waals surface area contributed by atoms with Crippen molar-refractivity contribution in [3.05, 3.63) is 24.3 Å². The molecular weight excluding hydrogens is 272 g/mol. The maximum absolute atomic E-state index is 11.8. The van der Waals surface area contributed by atoms with Crippen LogP contribution < -0.4 is 10.1 Å². The summed E-state index contributed by atoms with van der Waals surface area (Å²) in [6, 6.07) is 5.68. The van der Waals surface area contributed by atoms with Crippen LogP contribution >= 0.6 is 15.9 Å². The van der Waals surface area contributed by atoms with E-state index >= 15 is 0 Å². The summed E-state index contributed by atoms with van der Waals surface area (Å²) in [5, 5.41) is 2.73.